The summed E-state index contributed by atoms with van der Waals surface area (Å²) in [6.45, 7) is 9.43. The van der Waals surface area contributed by atoms with Gasteiger partial charge in [-0.2, -0.15) is 0 Å². The maximum Gasteiger partial charge on any atom is 0.0629 e. The molecule has 6 aromatic rings. The Bertz CT molecular complexity index is 1890. The van der Waals surface area contributed by atoms with E-state index in [0.29, 0.717) is 0 Å². The van der Waals surface area contributed by atoms with E-state index >= 15 is 0 Å². The molecule has 0 atom stereocenters. The standard InChI is InChI=1S/C34H27NS/c1-22-14-6-5-13-21-34(2,3)31-28(22)32-29(30-25-18-10-12-20-27(25)36-33(30)31)24-17-9-11-19-26(24)35(32)23-15-7-4-8-16-23/h4-20H,1,21H2,2-3H3/b13-5-,14-6-. The van der Waals surface area contributed by atoms with Crippen molar-refractivity contribution >= 4 is 58.9 Å². The molecule has 0 radical (unpaired) electrons. The fourth-order valence-electron chi connectivity index (χ4n) is 6.03. The van der Waals surface area contributed by atoms with Crippen LogP contribution in [-0.2, 0) is 5.41 Å². The lowest BCUT2D eigenvalue weighted by Gasteiger charge is -2.29. The molecule has 4 aromatic carbocycles. The average molecular weight is 482 g/mol. The van der Waals surface area contributed by atoms with Crippen LogP contribution in [0.1, 0.15) is 31.4 Å². The molecule has 0 amide bonds. The van der Waals surface area contributed by atoms with Crippen molar-refractivity contribution in [3.63, 3.8) is 0 Å². The van der Waals surface area contributed by atoms with Crippen LogP contribution in [0.4, 0.5) is 0 Å². The normalized spacial score (nSPS) is 17.2. The van der Waals surface area contributed by atoms with E-state index < -0.39 is 0 Å². The topological polar surface area (TPSA) is 4.93 Å². The van der Waals surface area contributed by atoms with E-state index in [-0.39, 0.29) is 5.41 Å². The van der Waals surface area contributed by atoms with E-state index in [1.165, 1.54) is 58.8 Å². The van der Waals surface area contributed by atoms with Crippen LogP contribution in [-0.4, -0.2) is 4.57 Å². The molecule has 0 N–H and O–H groups in total. The molecule has 0 fully saturated rings. The molecule has 0 spiro atoms. The number of aromatic nitrogens is 1. The lowest BCUT2D eigenvalue weighted by atomic mass is 9.76. The van der Waals surface area contributed by atoms with E-state index in [0.717, 1.165) is 12.0 Å². The third kappa shape index (κ3) is 2.95. The molecule has 174 valence electrons. The number of hydrogen-bond acceptors (Lipinski definition) is 1. The first-order valence-corrected chi connectivity index (χ1v) is 13.4. The molecular formula is C34H27NS. The lowest BCUT2D eigenvalue weighted by molar-refractivity contribution is 0.539. The summed E-state index contributed by atoms with van der Waals surface area (Å²) in [6.07, 6.45) is 9.77. The molecule has 2 aromatic heterocycles. The molecule has 1 nitrogen and oxygen atoms in total. The quantitative estimate of drug-likeness (QED) is 0.220. The summed E-state index contributed by atoms with van der Waals surface area (Å²) >= 11 is 1.93. The lowest BCUT2D eigenvalue weighted by Crippen LogP contribution is -2.19. The monoisotopic (exact) mass is 481 g/mol. The first-order chi connectivity index (χ1) is 17.6. The number of hydrogen-bond donors (Lipinski definition) is 0. The fraction of sp³-hybridized carbons (Fsp3) is 0.118. The largest absolute Gasteiger partial charge is 0.309 e. The Morgan fingerprint density at radius 1 is 0.806 bits per heavy atom. The van der Waals surface area contributed by atoms with Gasteiger partial charge >= 0.3 is 0 Å². The van der Waals surface area contributed by atoms with Crippen LogP contribution in [0.3, 0.4) is 0 Å². The third-order valence-electron chi connectivity index (χ3n) is 7.62. The Morgan fingerprint density at radius 2 is 1.53 bits per heavy atom. The van der Waals surface area contributed by atoms with Gasteiger partial charge in [0.05, 0.1) is 11.0 Å². The van der Waals surface area contributed by atoms with Crippen molar-refractivity contribution < 1.29 is 0 Å². The summed E-state index contributed by atoms with van der Waals surface area (Å²) in [5.74, 6) is 0. The highest BCUT2D eigenvalue weighted by Gasteiger charge is 2.32. The number of fused-ring (bicyclic) bond motifs is 10. The average Bonchev–Trinajstić information content (AvgIpc) is 3.44. The second-order valence-electron chi connectivity index (χ2n) is 10.4. The van der Waals surface area contributed by atoms with E-state index in [1.54, 1.807) is 0 Å². The smallest absolute Gasteiger partial charge is 0.0629 e. The van der Waals surface area contributed by atoms with Crippen molar-refractivity contribution in [2.45, 2.75) is 25.7 Å². The van der Waals surface area contributed by atoms with Gasteiger partial charge in [-0.1, -0.05) is 99.3 Å². The third-order valence-corrected chi connectivity index (χ3v) is 8.81. The molecule has 0 aliphatic heterocycles. The van der Waals surface area contributed by atoms with Crippen LogP contribution in [0, 0.1) is 0 Å². The van der Waals surface area contributed by atoms with E-state index in [2.05, 4.69) is 128 Å². The van der Waals surface area contributed by atoms with Gasteiger partial charge < -0.3 is 4.57 Å². The van der Waals surface area contributed by atoms with Crippen LogP contribution in [0.25, 0.3) is 53.2 Å². The Kier molecular flexibility index (Phi) is 4.64. The van der Waals surface area contributed by atoms with Crippen LogP contribution in [0.2, 0.25) is 0 Å². The van der Waals surface area contributed by atoms with E-state index in [1.807, 2.05) is 11.3 Å². The van der Waals surface area contributed by atoms with Gasteiger partial charge in [0.25, 0.3) is 0 Å². The Balaban J connectivity index is 1.86. The van der Waals surface area contributed by atoms with Crippen molar-refractivity contribution in [1.82, 2.24) is 4.57 Å². The zero-order valence-electron chi connectivity index (χ0n) is 20.6. The number of allylic oxidation sites excluding steroid dienone is 5. The van der Waals surface area contributed by atoms with Crippen molar-refractivity contribution in [2.24, 2.45) is 0 Å². The SMILES string of the molecule is C=C1/C=C\C=C/CC(C)(C)c2c1c1c(c3ccccc3n1-c1ccccc1)c1c2sc2ccccc21. The van der Waals surface area contributed by atoms with Crippen molar-refractivity contribution in [2.75, 3.05) is 0 Å². The second-order valence-corrected chi connectivity index (χ2v) is 11.4. The highest BCUT2D eigenvalue weighted by Crippen LogP contribution is 2.52. The Labute approximate surface area is 215 Å². The summed E-state index contributed by atoms with van der Waals surface area (Å²) in [4.78, 5) is 0. The Morgan fingerprint density at radius 3 is 2.36 bits per heavy atom. The molecule has 0 bridgehead atoms. The van der Waals surface area contributed by atoms with Crippen molar-refractivity contribution in [3.05, 3.63) is 121 Å². The van der Waals surface area contributed by atoms with Crippen LogP contribution in [0.5, 0.6) is 0 Å². The van der Waals surface area contributed by atoms with Gasteiger partial charge in [0.2, 0.25) is 0 Å². The summed E-state index contributed by atoms with van der Waals surface area (Å²) in [5, 5.41) is 5.34. The van der Waals surface area contributed by atoms with Gasteiger partial charge in [-0.3, -0.25) is 0 Å². The Hall–Kier alpha value is -3.88. The molecule has 0 saturated carbocycles. The maximum absolute atomic E-state index is 4.65. The van der Waals surface area contributed by atoms with Gasteiger partial charge in [0, 0.05) is 42.2 Å². The fourth-order valence-corrected chi connectivity index (χ4v) is 7.47. The van der Waals surface area contributed by atoms with E-state index in [4.69, 9.17) is 0 Å². The zero-order valence-corrected chi connectivity index (χ0v) is 21.4. The van der Waals surface area contributed by atoms with Crippen LogP contribution in [0.15, 0.2) is 110 Å². The van der Waals surface area contributed by atoms with Crippen molar-refractivity contribution in [3.8, 4) is 5.69 Å². The molecule has 36 heavy (non-hydrogen) atoms. The number of rotatable bonds is 1. The minimum absolute atomic E-state index is 0.0634. The highest BCUT2D eigenvalue weighted by molar-refractivity contribution is 7.26. The molecule has 7 rings (SSSR count). The number of para-hydroxylation sites is 2. The minimum Gasteiger partial charge on any atom is -0.309 e. The summed E-state index contributed by atoms with van der Waals surface area (Å²) in [7, 11) is 0. The summed E-state index contributed by atoms with van der Waals surface area (Å²) in [5.41, 5.74) is 7.36. The highest BCUT2D eigenvalue weighted by atomic mass is 32.1. The van der Waals surface area contributed by atoms with Gasteiger partial charge in [-0.05, 0) is 47.2 Å². The molecule has 2 heteroatoms. The van der Waals surface area contributed by atoms with Crippen molar-refractivity contribution in [1.29, 1.82) is 0 Å². The molecule has 1 aliphatic rings. The predicted molar refractivity (Wildman–Crippen MR) is 159 cm³/mol. The summed E-state index contributed by atoms with van der Waals surface area (Å²) in [6, 6.07) is 28.6. The molecule has 0 unspecified atom stereocenters. The number of benzene rings is 4. The van der Waals surface area contributed by atoms with Gasteiger partial charge in [0.15, 0.2) is 0 Å². The first-order valence-electron chi connectivity index (χ1n) is 12.5. The predicted octanol–water partition coefficient (Wildman–Crippen LogP) is 9.96. The van der Waals surface area contributed by atoms with Gasteiger partial charge in [0.1, 0.15) is 0 Å². The van der Waals surface area contributed by atoms with Gasteiger partial charge in [-0.15, -0.1) is 11.3 Å². The number of thiophene rings is 1. The zero-order chi connectivity index (χ0) is 24.4. The number of nitrogens with zero attached hydrogens (tertiary/aromatic N) is 1. The molecule has 1 aliphatic carbocycles. The second kappa shape index (κ2) is 7.81. The van der Waals surface area contributed by atoms with Gasteiger partial charge in [-0.25, -0.2) is 0 Å². The van der Waals surface area contributed by atoms with Crippen LogP contribution >= 0.6 is 11.3 Å². The van der Waals surface area contributed by atoms with E-state index in [9.17, 15) is 0 Å². The molecule has 2 heterocycles. The molecule has 0 saturated heterocycles. The molecular weight excluding hydrogens is 454 g/mol. The maximum atomic E-state index is 4.65. The van der Waals surface area contributed by atoms with Crippen LogP contribution < -0.4 is 0 Å². The first kappa shape index (κ1) is 21.4. The minimum atomic E-state index is -0.0634. The summed E-state index contributed by atoms with van der Waals surface area (Å²) < 4.78 is 5.20.